The summed E-state index contributed by atoms with van der Waals surface area (Å²) in [6.07, 6.45) is 1.61. The van der Waals surface area contributed by atoms with Crippen LogP contribution < -0.4 is 11.1 Å². The molecule has 2 aromatic carbocycles. The highest BCUT2D eigenvalue weighted by atomic mass is 35.5. The molecular weight excluding hydrogens is 340 g/mol. The monoisotopic (exact) mass is 354 g/mol. The number of nitrogens with two attached hydrogens (primary N) is 1. The van der Waals surface area contributed by atoms with Crippen LogP contribution in [-0.4, -0.2) is 21.6 Å². The first-order valence-electron chi connectivity index (χ1n) is 7.50. The summed E-state index contributed by atoms with van der Waals surface area (Å²) in [4.78, 5) is 23.4. The second-order valence-corrected chi connectivity index (χ2v) is 5.83. The van der Waals surface area contributed by atoms with E-state index < -0.39 is 5.91 Å². The number of carbonyl (C=O) groups is 2. The van der Waals surface area contributed by atoms with E-state index in [1.54, 1.807) is 41.2 Å². The van der Waals surface area contributed by atoms with Gasteiger partial charge in [-0.3, -0.25) is 9.59 Å². The van der Waals surface area contributed by atoms with E-state index >= 15 is 0 Å². The molecule has 0 saturated heterocycles. The standard InChI is InChI=1S/C18H15ClN4O2/c19-15-7-1-12(2-8-15)11-23-16(9-10-21-23)22-18(25)14-5-3-13(4-6-14)17(20)24/h1-10H,11H2,(H2,20,24)(H,22,25). The number of halogens is 1. The molecule has 0 aliphatic rings. The lowest BCUT2D eigenvalue weighted by Crippen LogP contribution is -2.17. The van der Waals surface area contributed by atoms with Crippen LogP contribution in [0.3, 0.4) is 0 Å². The van der Waals surface area contributed by atoms with Crippen molar-refractivity contribution < 1.29 is 9.59 Å². The lowest BCUT2D eigenvalue weighted by molar-refractivity contribution is 0.0995. The third-order valence-electron chi connectivity index (χ3n) is 3.64. The summed E-state index contributed by atoms with van der Waals surface area (Å²) in [6, 6.07) is 15.3. The minimum Gasteiger partial charge on any atom is -0.366 e. The summed E-state index contributed by atoms with van der Waals surface area (Å²) in [6.45, 7) is 0.500. The predicted molar refractivity (Wildman–Crippen MR) is 95.7 cm³/mol. The lowest BCUT2D eigenvalue weighted by atomic mass is 10.1. The molecule has 0 fully saturated rings. The molecule has 126 valence electrons. The number of carbonyl (C=O) groups excluding carboxylic acids is 2. The van der Waals surface area contributed by atoms with E-state index in [2.05, 4.69) is 10.4 Å². The summed E-state index contributed by atoms with van der Waals surface area (Å²) in [5.74, 6) is -0.263. The Morgan fingerprint density at radius 3 is 2.28 bits per heavy atom. The number of anilines is 1. The number of rotatable bonds is 5. The van der Waals surface area contributed by atoms with Gasteiger partial charge in [-0.05, 0) is 42.0 Å². The number of nitrogens with zero attached hydrogens (tertiary/aromatic N) is 2. The molecule has 0 bridgehead atoms. The molecule has 0 aliphatic heterocycles. The summed E-state index contributed by atoms with van der Waals surface area (Å²) in [5.41, 5.74) is 6.97. The summed E-state index contributed by atoms with van der Waals surface area (Å²) in [7, 11) is 0. The van der Waals surface area contributed by atoms with Crippen LogP contribution in [0.2, 0.25) is 5.02 Å². The molecule has 3 N–H and O–H groups in total. The molecule has 0 unspecified atom stereocenters. The summed E-state index contributed by atoms with van der Waals surface area (Å²) in [5, 5.41) is 7.70. The molecule has 7 heteroatoms. The smallest absolute Gasteiger partial charge is 0.256 e. The molecule has 2 amide bonds. The largest absolute Gasteiger partial charge is 0.366 e. The van der Waals surface area contributed by atoms with Gasteiger partial charge < -0.3 is 11.1 Å². The Labute approximate surface area is 149 Å². The van der Waals surface area contributed by atoms with Gasteiger partial charge >= 0.3 is 0 Å². The van der Waals surface area contributed by atoms with Crippen LogP contribution >= 0.6 is 11.6 Å². The number of nitrogens with one attached hydrogen (secondary N) is 1. The average molecular weight is 355 g/mol. The SMILES string of the molecule is NC(=O)c1ccc(C(=O)Nc2ccnn2Cc2ccc(Cl)cc2)cc1. The molecule has 0 spiro atoms. The number of aromatic nitrogens is 2. The third kappa shape index (κ3) is 4.05. The number of benzene rings is 2. The van der Waals surface area contributed by atoms with Crippen molar-refractivity contribution in [3.05, 3.63) is 82.5 Å². The van der Waals surface area contributed by atoms with Crippen LogP contribution in [0.15, 0.2) is 60.8 Å². The van der Waals surface area contributed by atoms with Crippen molar-refractivity contribution in [3.8, 4) is 0 Å². The van der Waals surface area contributed by atoms with Gasteiger partial charge in [0.2, 0.25) is 5.91 Å². The molecule has 0 atom stereocenters. The molecule has 0 radical (unpaired) electrons. The van der Waals surface area contributed by atoms with E-state index in [9.17, 15) is 9.59 Å². The van der Waals surface area contributed by atoms with Gasteiger partial charge in [0.15, 0.2) is 0 Å². The topological polar surface area (TPSA) is 90.0 Å². The highest BCUT2D eigenvalue weighted by Crippen LogP contribution is 2.14. The molecule has 0 aliphatic carbocycles. The van der Waals surface area contributed by atoms with Crippen molar-refractivity contribution in [2.45, 2.75) is 6.54 Å². The Morgan fingerprint density at radius 2 is 1.64 bits per heavy atom. The zero-order chi connectivity index (χ0) is 17.8. The highest BCUT2D eigenvalue weighted by molar-refractivity contribution is 6.30. The number of hydrogen-bond donors (Lipinski definition) is 2. The van der Waals surface area contributed by atoms with Crippen LogP contribution in [0, 0.1) is 0 Å². The molecule has 6 nitrogen and oxygen atoms in total. The van der Waals surface area contributed by atoms with Gasteiger partial charge in [-0.15, -0.1) is 0 Å². The minimum absolute atomic E-state index is 0.297. The van der Waals surface area contributed by atoms with Crippen molar-refractivity contribution >= 4 is 29.2 Å². The number of amides is 2. The van der Waals surface area contributed by atoms with Gasteiger partial charge in [0.05, 0.1) is 12.7 Å². The number of primary amides is 1. The van der Waals surface area contributed by atoms with Gasteiger partial charge in [-0.25, -0.2) is 4.68 Å². The van der Waals surface area contributed by atoms with Crippen molar-refractivity contribution in [2.24, 2.45) is 5.73 Å². The van der Waals surface area contributed by atoms with E-state index in [1.807, 2.05) is 12.1 Å². The van der Waals surface area contributed by atoms with Crippen molar-refractivity contribution in [2.75, 3.05) is 5.32 Å². The fourth-order valence-electron chi connectivity index (χ4n) is 2.30. The lowest BCUT2D eigenvalue weighted by Gasteiger charge is -2.09. The van der Waals surface area contributed by atoms with Crippen LogP contribution in [0.25, 0.3) is 0 Å². The van der Waals surface area contributed by atoms with Gasteiger partial charge in [0, 0.05) is 22.2 Å². The van der Waals surface area contributed by atoms with Crippen LogP contribution in [-0.2, 0) is 6.54 Å². The van der Waals surface area contributed by atoms with E-state index in [0.717, 1.165) is 5.56 Å². The van der Waals surface area contributed by atoms with E-state index in [4.69, 9.17) is 17.3 Å². The van der Waals surface area contributed by atoms with Crippen LogP contribution in [0.5, 0.6) is 0 Å². The normalized spacial score (nSPS) is 10.4. The Hall–Kier alpha value is -3.12. The van der Waals surface area contributed by atoms with Crippen LogP contribution in [0.4, 0.5) is 5.82 Å². The van der Waals surface area contributed by atoms with E-state index in [-0.39, 0.29) is 5.91 Å². The molecule has 3 aromatic rings. The van der Waals surface area contributed by atoms with Gasteiger partial charge in [-0.2, -0.15) is 5.10 Å². The Balaban J connectivity index is 1.73. The Kier molecular flexibility index (Phi) is 4.81. The maximum absolute atomic E-state index is 12.4. The fourth-order valence-corrected chi connectivity index (χ4v) is 2.43. The molecule has 25 heavy (non-hydrogen) atoms. The third-order valence-corrected chi connectivity index (χ3v) is 3.89. The Morgan fingerprint density at radius 1 is 1.00 bits per heavy atom. The zero-order valence-corrected chi connectivity index (χ0v) is 13.9. The Bertz CT molecular complexity index is 902. The van der Waals surface area contributed by atoms with Gasteiger partial charge in [0.25, 0.3) is 5.91 Å². The average Bonchev–Trinajstić information content (AvgIpc) is 3.03. The summed E-state index contributed by atoms with van der Waals surface area (Å²) < 4.78 is 1.68. The number of hydrogen-bond acceptors (Lipinski definition) is 3. The maximum atomic E-state index is 12.4. The predicted octanol–water partition coefficient (Wildman–Crippen LogP) is 2.94. The molecule has 3 rings (SSSR count). The highest BCUT2D eigenvalue weighted by Gasteiger charge is 2.11. The second-order valence-electron chi connectivity index (χ2n) is 5.40. The molecule has 1 aromatic heterocycles. The first kappa shape index (κ1) is 16.7. The molecule has 0 saturated carbocycles. The first-order chi connectivity index (χ1) is 12.0. The summed E-state index contributed by atoms with van der Waals surface area (Å²) >= 11 is 5.88. The molecule has 1 heterocycles. The van der Waals surface area contributed by atoms with E-state index in [1.165, 1.54) is 12.1 Å². The maximum Gasteiger partial charge on any atom is 0.256 e. The van der Waals surface area contributed by atoms with Crippen molar-refractivity contribution in [1.82, 2.24) is 9.78 Å². The second kappa shape index (κ2) is 7.19. The molecular formula is C18H15ClN4O2. The van der Waals surface area contributed by atoms with Crippen LogP contribution in [0.1, 0.15) is 26.3 Å². The zero-order valence-electron chi connectivity index (χ0n) is 13.1. The van der Waals surface area contributed by atoms with E-state index in [0.29, 0.717) is 28.5 Å². The quantitative estimate of drug-likeness (QED) is 0.738. The minimum atomic E-state index is -0.534. The van der Waals surface area contributed by atoms with Crippen molar-refractivity contribution in [1.29, 1.82) is 0 Å². The van der Waals surface area contributed by atoms with Gasteiger partial charge in [0.1, 0.15) is 5.82 Å². The van der Waals surface area contributed by atoms with Gasteiger partial charge in [-0.1, -0.05) is 23.7 Å². The fraction of sp³-hybridized carbons (Fsp3) is 0.0556. The first-order valence-corrected chi connectivity index (χ1v) is 7.88. The van der Waals surface area contributed by atoms with Crippen molar-refractivity contribution in [3.63, 3.8) is 0 Å².